The van der Waals surface area contributed by atoms with Gasteiger partial charge in [-0.3, -0.25) is 4.79 Å². The number of aryl methyl sites for hydroxylation is 2. The van der Waals surface area contributed by atoms with Crippen LogP contribution in [0, 0.1) is 13.8 Å². The summed E-state index contributed by atoms with van der Waals surface area (Å²) in [6, 6.07) is 11.1. The van der Waals surface area contributed by atoms with Gasteiger partial charge in [-0.25, -0.2) is 0 Å². The third-order valence-corrected chi connectivity index (χ3v) is 5.10. The maximum absolute atomic E-state index is 12.4. The van der Waals surface area contributed by atoms with Crippen LogP contribution in [0.25, 0.3) is 6.08 Å². The molecule has 0 radical (unpaired) electrons. The van der Waals surface area contributed by atoms with E-state index in [-0.39, 0.29) is 5.78 Å². The van der Waals surface area contributed by atoms with Crippen LogP contribution >= 0.6 is 0 Å². The third-order valence-electron chi connectivity index (χ3n) is 5.10. The summed E-state index contributed by atoms with van der Waals surface area (Å²) < 4.78 is 5.78. The highest BCUT2D eigenvalue weighted by atomic mass is 16.5. The van der Waals surface area contributed by atoms with Gasteiger partial charge in [-0.1, -0.05) is 51.5 Å². The number of ether oxygens (including phenoxy) is 1. The Morgan fingerprint density at radius 3 is 2.14 bits per heavy atom. The molecule has 2 aromatic rings. The number of phenols is 1. The molecule has 0 aliphatic carbocycles. The Hall–Kier alpha value is -2.55. The predicted molar refractivity (Wildman–Crippen MR) is 121 cm³/mol. The largest absolute Gasteiger partial charge is 0.507 e. The summed E-state index contributed by atoms with van der Waals surface area (Å²) in [5.41, 5.74) is 3.15. The molecule has 0 spiro atoms. The first-order chi connectivity index (χ1) is 14.0. The number of hydrogen-bond donors (Lipinski definition) is 1. The molecule has 0 aromatic heterocycles. The Morgan fingerprint density at radius 1 is 0.931 bits per heavy atom. The van der Waals surface area contributed by atoms with E-state index in [9.17, 15) is 9.90 Å². The Bertz CT molecular complexity index is 780. The van der Waals surface area contributed by atoms with Gasteiger partial charge >= 0.3 is 0 Å². The van der Waals surface area contributed by atoms with Crippen LogP contribution in [0.5, 0.6) is 11.5 Å². The minimum atomic E-state index is -0.0491. The molecular weight excluding hydrogens is 360 g/mol. The summed E-state index contributed by atoms with van der Waals surface area (Å²) in [7, 11) is 0. The smallest absolute Gasteiger partial charge is 0.185 e. The zero-order valence-corrected chi connectivity index (χ0v) is 18.0. The molecule has 0 unspecified atom stereocenters. The zero-order chi connectivity index (χ0) is 21.1. The normalized spacial score (nSPS) is 11.1. The molecule has 3 nitrogen and oxygen atoms in total. The van der Waals surface area contributed by atoms with Crippen LogP contribution in [-0.2, 0) is 0 Å². The fraction of sp³-hybridized carbons (Fsp3) is 0.423. The van der Waals surface area contributed by atoms with Crippen LogP contribution in [-0.4, -0.2) is 17.5 Å². The summed E-state index contributed by atoms with van der Waals surface area (Å²) >= 11 is 0. The molecule has 0 amide bonds. The number of rotatable bonds is 12. The maximum atomic E-state index is 12.4. The standard InChI is InChI=1S/C26H34O3/c1-4-5-6-7-8-9-10-17-29-24-14-12-23(13-15-24)25(27)16-11-22-18-20(2)26(28)21(3)19-22/h11-16,18-19,28H,4-10,17H2,1-3H3. The Kier molecular flexibility index (Phi) is 9.49. The fourth-order valence-corrected chi connectivity index (χ4v) is 3.32. The van der Waals surface area contributed by atoms with Crippen LogP contribution in [0.1, 0.15) is 78.9 Å². The van der Waals surface area contributed by atoms with Crippen LogP contribution < -0.4 is 4.74 Å². The number of benzene rings is 2. The summed E-state index contributed by atoms with van der Waals surface area (Å²) in [6.45, 7) is 6.67. The molecule has 0 aliphatic heterocycles. The first kappa shape index (κ1) is 22.7. The van der Waals surface area contributed by atoms with Crippen molar-refractivity contribution in [2.75, 3.05) is 6.61 Å². The van der Waals surface area contributed by atoms with Crippen molar-refractivity contribution in [1.82, 2.24) is 0 Å². The molecule has 2 rings (SSSR count). The van der Waals surface area contributed by atoms with E-state index in [2.05, 4.69) is 6.92 Å². The van der Waals surface area contributed by atoms with Gasteiger partial charge in [0, 0.05) is 5.56 Å². The lowest BCUT2D eigenvalue weighted by Gasteiger charge is -2.07. The van der Waals surface area contributed by atoms with Crippen molar-refractivity contribution in [2.45, 2.75) is 65.7 Å². The number of phenolic OH excluding ortho intramolecular Hbond substituents is 1. The molecule has 2 aromatic carbocycles. The highest BCUT2D eigenvalue weighted by Gasteiger charge is 2.04. The molecule has 156 valence electrons. The SMILES string of the molecule is CCCCCCCCCOc1ccc(C(=O)C=Cc2cc(C)c(O)c(C)c2)cc1. The van der Waals surface area contributed by atoms with Gasteiger partial charge in [0.2, 0.25) is 0 Å². The quantitative estimate of drug-likeness (QED) is 0.239. The average molecular weight is 395 g/mol. The van der Waals surface area contributed by atoms with Crippen molar-refractivity contribution >= 4 is 11.9 Å². The minimum Gasteiger partial charge on any atom is -0.507 e. The molecule has 3 heteroatoms. The lowest BCUT2D eigenvalue weighted by molar-refractivity contribution is 0.104. The monoisotopic (exact) mass is 394 g/mol. The number of unbranched alkanes of at least 4 members (excludes halogenated alkanes) is 6. The van der Waals surface area contributed by atoms with E-state index in [1.54, 1.807) is 24.3 Å². The van der Waals surface area contributed by atoms with Crippen molar-refractivity contribution in [3.05, 3.63) is 64.7 Å². The first-order valence-corrected chi connectivity index (χ1v) is 10.8. The van der Waals surface area contributed by atoms with Gasteiger partial charge in [0.1, 0.15) is 11.5 Å². The van der Waals surface area contributed by atoms with Crippen molar-refractivity contribution in [3.8, 4) is 11.5 Å². The molecule has 0 aliphatic rings. The molecule has 0 atom stereocenters. The van der Waals surface area contributed by atoms with Gasteiger partial charge in [-0.15, -0.1) is 0 Å². The second-order valence-corrected chi connectivity index (χ2v) is 7.70. The maximum Gasteiger partial charge on any atom is 0.185 e. The number of allylic oxidation sites excluding steroid dienone is 1. The Balaban J connectivity index is 1.78. The zero-order valence-electron chi connectivity index (χ0n) is 18.0. The van der Waals surface area contributed by atoms with Gasteiger partial charge in [-0.2, -0.15) is 0 Å². The van der Waals surface area contributed by atoms with E-state index in [1.165, 1.54) is 38.5 Å². The van der Waals surface area contributed by atoms with Crippen molar-refractivity contribution < 1.29 is 14.6 Å². The van der Waals surface area contributed by atoms with Gasteiger partial charge in [-0.05, 0) is 79.4 Å². The first-order valence-electron chi connectivity index (χ1n) is 10.8. The van der Waals surface area contributed by atoms with Crippen molar-refractivity contribution in [3.63, 3.8) is 0 Å². The number of carbonyl (C=O) groups is 1. The lowest BCUT2D eigenvalue weighted by Crippen LogP contribution is -1.99. The van der Waals surface area contributed by atoms with E-state index in [0.29, 0.717) is 11.3 Å². The van der Waals surface area contributed by atoms with Gasteiger partial charge < -0.3 is 9.84 Å². The molecule has 0 heterocycles. The number of aromatic hydroxyl groups is 1. The molecule has 0 fully saturated rings. The van der Waals surface area contributed by atoms with Gasteiger partial charge in [0.15, 0.2) is 5.78 Å². The third kappa shape index (κ3) is 7.77. The van der Waals surface area contributed by atoms with Crippen LogP contribution in [0.3, 0.4) is 0 Å². The summed E-state index contributed by atoms with van der Waals surface area (Å²) in [5.74, 6) is 1.06. The minimum absolute atomic E-state index is 0.0491. The van der Waals surface area contributed by atoms with Crippen LogP contribution in [0.4, 0.5) is 0 Å². The average Bonchev–Trinajstić information content (AvgIpc) is 2.72. The molecular formula is C26H34O3. The van der Waals surface area contributed by atoms with Crippen LogP contribution in [0.2, 0.25) is 0 Å². The number of ketones is 1. The second-order valence-electron chi connectivity index (χ2n) is 7.70. The number of carbonyl (C=O) groups excluding carboxylic acids is 1. The summed E-state index contributed by atoms with van der Waals surface area (Å²) in [5, 5.41) is 9.84. The lowest BCUT2D eigenvalue weighted by atomic mass is 10.0. The summed E-state index contributed by atoms with van der Waals surface area (Å²) in [6.07, 6.45) is 12.2. The predicted octanol–water partition coefficient (Wildman–Crippen LogP) is 7.03. The van der Waals surface area contributed by atoms with Crippen molar-refractivity contribution in [2.24, 2.45) is 0 Å². The van der Waals surface area contributed by atoms with E-state index in [1.807, 2.05) is 38.1 Å². The van der Waals surface area contributed by atoms with Gasteiger partial charge in [0.05, 0.1) is 6.61 Å². The molecule has 0 saturated carbocycles. The van der Waals surface area contributed by atoms with Crippen molar-refractivity contribution in [1.29, 1.82) is 0 Å². The summed E-state index contributed by atoms with van der Waals surface area (Å²) in [4.78, 5) is 12.4. The van der Waals surface area contributed by atoms with Gasteiger partial charge in [0.25, 0.3) is 0 Å². The highest BCUT2D eigenvalue weighted by Crippen LogP contribution is 2.23. The van der Waals surface area contributed by atoms with E-state index in [4.69, 9.17) is 4.74 Å². The van der Waals surface area contributed by atoms with E-state index >= 15 is 0 Å². The fourth-order valence-electron chi connectivity index (χ4n) is 3.32. The van der Waals surface area contributed by atoms with E-state index < -0.39 is 0 Å². The Labute approximate surface area is 175 Å². The topological polar surface area (TPSA) is 46.5 Å². The highest BCUT2D eigenvalue weighted by molar-refractivity contribution is 6.06. The molecule has 1 N–H and O–H groups in total. The molecule has 29 heavy (non-hydrogen) atoms. The van der Waals surface area contributed by atoms with Crippen LogP contribution in [0.15, 0.2) is 42.5 Å². The number of hydrogen-bond acceptors (Lipinski definition) is 3. The molecule has 0 bridgehead atoms. The molecule has 0 saturated heterocycles. The Morgan fingerprint density at radius 2 is 1.52 bits per heavy atom. The second kappa shape index (κ2) is 12.1. The van der Waals surface area contributed by atoms with E-state index in [0.717, 1.165) is 35.5 Å².